The number of ether oxygens (including phenoxy) is 1. The number of aliphatic imine (C=N–C) groups is 1. The summed E-state index contributed by atoms with van der Waals surface area (Å²) in [6.07, 6.45) is 0. The molecule has 0 aliphatic carbocycles. The molecular formula is C27H29N3O2S. The second-order valence-corrected chi connectivity index (χ2v) is 9.10. The van der Waals surface area contributed by atoms with Crippen LogP contribution < -0.4 is 10.2 Å². The quantitative estimate of drug-likeness (QED) is 0.481. The van der Waals surface area contributed by atoms with E-state index in [1.165, 1.54) is 16.3 Å². The first-order valence-electron chi connectivity index (χ1n) is 11.1. The summed E-state index contributed by atoms with van der Waals surface area (Å²) >= 11 is 1.65. The zero-order valence-corrected chi connectivity index (χ0v) is 20.3. The average Bonchev–Trinajstić information content (AvgIpc) is 2.82. The highest BCUT2D eigenvalue weighted by Crippen LogP contribution is 2.34. The number of carbonyl (C=O) groups is 1. The van der Waals surface area contributed by atoms with Crippen molar-refractivity contribution in [3.63, 3.8) is 0 Å². The second-order valence-electron chi connectivity index (χ2n) is 8.13. The molecule has 33 heavy (non-hydrogen) atoms. The Morgan fingerprint density at radius 2 is 1.79 bits per heavy atom. The minimum atomic E-state index is -0.406. The van der Waals surface area contributed by atoms with Crippen molar-refractivity contribution in [2.75, 3.05) is 25.6 Å². The molecule has 1 heterocycles. The maximum atomic E-state index is 12.8. The monoisotopic (exact) mass is 459 g/mol. The molecule has 0 saturated heterocycles. The van der Waals surface area contributed by atoms with Crippen molar-refractivity contribution in [2.24, 2.45) is 4.99 Å². The molecule has 0 bridgehead atoms. The minimum Gasteiger partial charge on any atom is -0.463 e. The summed E-state index contributed by atoms with van der Waals surface area (Å²) in [7, 11) is 4.02. The fourth-order valence-corrected chi connectivity index (χ4v) is 4.90. The fourth-order valence-electron chi connectivity index (χ4n) is 3.95. The summed E-state index contributed by atoms with van der Waals surface area (Å²) in [5.41, 5.74) is 4.66. The third-order valence-electron chi connectivity index (χ3n) is 5.68. The molecule has 0 fully saturated rings. The van der Waals surface area contributed by atoms with Gasteiger partial charge in [-0.25, -0.2) is 9.79 Å². The largest absolute Gasteiger partial charge is 0.463 e. The van der Waals surface area contributed by atoms with E-state index in [1.807, 2.05) is 57.1 Å². The van der Waals surface area contributed by atoms with Crippen molar-refractivity contribution in [1.29, 1.82) is 0 Å². The van der Waals surface area contributed by atoms with Crippen LogP contribution in [0.1, 0.15) is 31.0 Å². The molecule has 0 aromatic heterocycles. The van der Waals surface area contributed by atoms with Crippen LogP contribution in [0.15, 0.2) is 83.0 Å². The van der Waals surface area contributed by atoms with Crippen LogP contribution in [-0.2, 0) is 15.3 Å². The number of rotatable bonds is 6. The molecule has 1 aliphatic heterocycles. The van der Waals surface area contributed by atoms with Gasteiger partial charge in [0.05, 0.1) is 12.2 Å². The molecule has 6 heteroatoms. The SMILES string of the molecule is CCOC(=O)C1=C(C)NC(SCc2cccc3ccccc23)=N[C@@H]1c1ccc(N(C)C)cc1. The summed E-state index contributed by atoms with van der Waals surface area (Å²) in [6.45, 7) is 4.06. The number of anilines is 1. The Morgan fingerprint density at radius 3 is 2.52 bits per heavy atom. The number of fused-ring (bicyclic) bond motifs is 1. The van der Waals surface area contributed by atoms with Crippen molar-refractivity contribution in [3.8, 4) is 0 Å². The lowest BCUT2D eigenvalue weighted by Gasteiger charge is -2.26. The van der Waals surface area contributed by atoms with Crippen molar-refractivity contribution >= 4 is 39.4 Å². The zero-order chi connectivity index (χ0) is 23.4. The molecular weight excluding hydrogens is 430 g/mol. The van der Waals surface area contributed by atoms with E-state index in [2.05, 4.69) is 47.8 Å². The van der Waals surface area contributed by atoms with Crippen LogP contribution in [0.2, 0.25) is 0 Å². The molecule has 3 aromatic carbocycles. The normalized spacial score (nSPS) is 15.8. The van der Waals surface area contributed by atoms with Gasteiger partial charge in [-0.3, -0.25) is 0 Å². The van der Waals surface area contributed by atoms with E-state index in [1.54, 1.807) is 11.8 Å². The number of hydrogen-bond donors (Lipinski definition) is 1. The summed E-state index contributed by atoms with van der Waals surface area (Å²) in [6, 6.07) is 22.6. The highest BCUT2D eigenvalue weighted by Gasteiger charge is 2.30. The Balaban J connectivity index is 1.63. The van der Waals surface area contributed by atoms with Crippen LogP contribution in [0.4, 0.5) is 5.69 Å². The Kier molecular flexibility index (Phi) is 7.04. The van der Waals surface area contributed by atoms with Gasteiger partial charge in [-0.1, -0.05) is 66.4 Å². The van der Waals surface area contributed by atoms with Gasteiger partial charge < -0.3 is 15.0 Å². The molecule has 1 aliphatic rings. The molecule has 0 amide bonds. The molecule has 1 N–H and O–H groups in total. The topological polar surface area (TPSA) is 53.9 Å². The van der Waals surface area contributed by atoms with Crippen LogP contribution in [0, 0.1) is 0 Å². The number of thioether (sulfide) groups is 1. The number of nitrogens with zero attached hydrogens (tertiary/aromatic N) is 2. The molecule has 1 atom stereocenters. The van der Waals surface area contributed by atoms with Crippen LogP contribution in [-0.4, -0.2) is 31.8 Å². The Hall–Kier alpha value is -3.25. The molecule has 5 nitrogen and oxygen atoms in total. The summed E-state index contributed by atoms with van der Waals surface area (Å²) < 4.78 is 5.36. The van der Waals surface area contributed by atoms with Crippen LogP contribution >= 0.6 is 11.8 Å². The highest BCUT2D eigenvalue weighted by molar-refractivity contribution is 8.13. The number of esters is 1. The minimum absolute atomic E-state index is 0.328. The molecule has 0 saturated carbocycles. The predicted molar refractivity (Wildman–Crippen MR) is 139 cm³/mol. The maximum absolute atomic E-state index is 12.8. The van der Waals surface area contributed by atoms with Crippen LogP contribution in [0.25, 0.3) is 10.8 Å². The lowest BCUT2D eigenvalue weighted by Crippen LogP contribution is -2.30. The number of amidine groups is 1. The number of benzene rings is 3. The first-order chi connectivity index (χ1) is 16.0. The smallest absolute Gasteiger partial charge is 0.338 e. The zero-order valence-electron chi connectivity index (χ0n) is 19.5. The van der Waals surface area contributed by atoms with Crippen LogP contribution in [0.3, 0.4) is 0 Å². The summed E-state index contributed by atoms with van der Waals surface area (Å²) in [5, 5.41) is 6.62. The van der Waals surface area contributed by atoms with Crippen molar-refractivity contribution < 1.29 is 9.53 Å². The van der Waals surface area contributed by atoms with Crippen LogP contribution in [0.5, 0.6) is 0 Å². The van der Waals surface area contributed by atoms with E-state index in [-0.39, 0.29) is 5.97 Å². The summed E-state index contributed by atoms with van der Waals surface area (Å²) in [4.78, 5) is 19.8. The van der Waals surface area contributed by atoms with E-state index >= 15 is 0 Å². The van der Waals surface area contributed by atoms with Gasteiger partial charge >= 0.3 is 5.97 Å². The number of hydrogen-bond acceptors (Lipinski definition) is 6. The third-order valence-corrected chi connectivity index (χ3v) is 6.62. The Morgan fingerprint density at radius 1 is 1.06 bits per heavy atom. The highest BCUT2D eigenvalue weighted by atomic mass is 32.2. The Labute approximate surface area is 199 Å². The van der Waals surface area contributed by atoms with Crippen molar-refractivity contribution in [3.05, 3.63) is 89.1 Å². The van der Waals surface area contributed by atoms with E-state index in [0.717, 1.165) is 27.9 Å². The lowest BCUT2D eigenvalue weighted by atomic mass is 9.96. The van der Waals surface area contributed by atoms with Gasteiger partial charge in [0.1, 0.15) is 6.04 Å². The molecule has 170 valence electrons. The molecule has 0 spiro atoms. The van der Waals surface area contributed by atoms with Gasteiger partial charge in [-0.15, -0.1) is 0 Å². The van der Waals surface area contributed by atoms with Gasteiger partial charge in [0.15, 0.2) is 5.17 Å². The van der Waals surface area contributed by atoms with E-state index in [4.69, 9.17) is 9.73 Å². The van der Waals surface area contributed by atoms with E-state index in [9.17, 15) is 4.79 Å². The Bertz CT molecular complexity index is 1210. The van der Waals surface area contributed by atoms with E-state index in [0.29, 0.717) is 12.2 Å². The van der Waals surface area contributed by atoms with Gasteiger partial charge in [0.25, 0.3) is 0 Å². The predicted octanol–water partition coefficient (Wildman–Crippen LogP) is 5.68. The van der Waals surface area contributed by atoms with Gasteiger partial charge in [-0.05, 0) is 47.9 Å². The van der Waals surface area contributed by atoms with Crippen molar-refractivity contribution in [1.82, 2.24) is 5.32 Å². The third kappa shape index (κ3) is 5.06. The molecule has 4 rings (SSSR count). The number of carbonyl (C=O) groups excluding carboxylic acids is 1. The van der Waals surface area contributed by atoms with Gasteiger partial charge in [0.2, 0.25) is 0 Å². The first-order valence-corrected chi connectivity index (χ1v) is 12.1. The molecule has 0 unspecified atom stereocenters. The first kappa shape index (κ1) is 22.9. The second kappa shape index (κ2) is 10.1. The van der Waals surface area contributed by atoms with Gasteiger partial charge in [-0.2, -0.15) is 0 Å². The number of nitrogens with one attached hydrogen (secondary N) is 1. The lowest BCUT2D eigenvalue weighted by molar-refractivity contribution is -0.138. The van der Waals surface area contributed by atoms with Gasteiger partial charge in [0, 0.05) is 31.2 Å². The van der Waals surface area contributed by atoms with E-state index < -0.39 is 6.04 Å². The molecule has 3 aromatic rings. The van der Waals surface area contributed by atoms with Crippen molar-refractivity contribution in [2.45, 2.75) is 25.6 Å². The summed E-state index contributed by atoms with van der Waals surface area (Å²) in [5.74, 6) is 0.452. The standard InChI is InChI=1S/C27H29N3O2S/c1-5-32-26(31)24-18(2)28-27(29-25(24)20-13-15-22(16-14-20)30(3)4)33-17-21-11-8-10-19-9-6-7-12-23(19)21/h6-16,25H,5,17H2,1-4H3,(H,28,29)/t25-/m1/s1. The molecule has 0 radical (unpaired) electrons. The number of allylic oxidation sites excluding steroid dienone is 1. The maximum Gasteiger partial charge on any atom is 0.338 e. The fraction of sp³-hybridized carbons (Fsp3) is 0.259. The average molecular weight is 460 g/mol.